The van der Waals surface area contributed by atoms with E-state index in [1.165, 1.54) is 70.6 Å². The van der Waals surface area contributed by atoms with Crippen molar-refractivity contribution in [2.45, 2.75) is 105 Å². The van der Waals surface area contributed by atoms with Gasteiger partial charge in [-0.1, -0.05) is 79.6 Å². The third-order valence-corrected chi connectivity index (χ3v) is 5.73. The topological polar surface area (TPSA) is 26.0 Å². The summed E-state index contributed by atoms with van der Waals surface area (Å²) in [6, 6.07) is 0. The maximum atomic E-state index is 5.74. The van der Waals surface area contributed by atoms with Gasteiger partial charge in [0.1, 0.15) is 0 Å². The van der Waals surface area contributed by atoms with Crippen molar-refractivity contribution in [2.24, 2.45) is 23.0 Å². The van der Waals surface area contributed by atoms with Crippen LogP contribution in [-0.4, -0.2) is 6.54 Å². The summed E-state index contributed by atoms with van der Waals surface area (Å²) in [7, 11) is 0. The molecule has 0 radical (unpaired) electrons. The van der Waals surface area contributed by atoms with E-state index in [2.05, 4.69) is 34.6 Å². The molecular formula is C20H43N. The zero-order valence-corrected chi connectivity index (χ0v) is 15.7. The van der Waals surface area contributed by atoms with E-state index >= 15 is 0 Å². The molecule has 0 aliphatic heterocycles. The summed E-state index contributed by atoms with van der Waals surface area (Å²) < 4.78 is 0. The van der Waals surface area contributed by atoms with Gasteiger partial charge in [0.25, 0.3) is 0 Å². The summed E-state index contributed by atoms with van der Waals surface area (Å²) in [5.74, 6) is 1.72. The van der Waals surface area contributed by atoms with E-state index in [0.717, 1.165) is 18.4 Å². The molecule has 0 rings (SSSR count). The van der Waals surface area contributed by atoms with Gasteiger partial charge in [-0.25, -0.2) is 0 Å². The SMILES string of the molecule is CCCCCCC(CCC)C(C)(CCC)C(C)CCCN. The summed E-state index contributed by atoms with van der Waals surface area (Å²) in [5.41, 5.74) is 6.26. The quantitative estimate of drug-likeness (QED) is 0.361. The average molecular weight is 298 g/mol. The second kappa shape index (κ2) is 12.5. The van der Waals surface area contributed by atoms with Crippen molar-refractivity contribution >= 4 is 0 Å². The first-order valence-corrected chi connectivity index (χ1v) is 9.76. The van der Waals surface area contributed by atoms with Crippen LogP contribution in [0.4, 0.5) is 0 Å². The number of hydrogen-bond acceptors (Lipinski definition) is 1. The smallest absolute Gasteiger partial charge is 0.00772 e. The number of nitrogens with two attached hydrogens (primary N) is 1. The van der Waals surface area contributed by atoms with E-state index in [0.29, 0.717) is 5.41 Å². The summed E-state index contributed by atoms with van der Waals surface area (Å²) in [4.78, 5) is 0. The Morgan fingerprint density at radius 3 is 2.05 bits per heavy atom. The lowest BCUT2D eigenvalue weighted by atomic mass is 9.62. The molecule has 0 saturated carbocycles. The van der Waals surface area contributed by atoms with E-state index in [4.69, 9.17) is 5.73 Å². The molecule has 3 atom stereocenters. The summed E-state index contributed by atoms with van der Waals surface area (Å²) in [6.45, 7) is 12.9. The molecule has 21 heavy (non-hydrogen) atoms. The monoisotopic (exact) mass is 297 g/mol. The Bertz CT molecular complexity index is 226. The van der Waals surface area contributed by atoms with E-state index < -0.39 is 0 Å². The van der Waals surface area contributed by atoms with Crippen molar-refractivity contribution < 1.29 is 0 Å². The first-order chi connectivity index (χ1) is 10.1. The van der Waals surface area contributed by atoms with Crippen LogP contribution in [0.2, 0.25) is 0 Å². The minimum Gasteiger partial charge on any atom is -0.330 e. The van der Waals surface area contributed by atoms with Crippen LogP contribution in [0.25, 0.3) is 0 Å². The molecule has 128 valence electrons. The lowest BCUT2D eigenvalue weighted by molar-refractivity contribution is 0.0661. The molecule has 0 fully saturated rings. The number of unbranched alkanes of at least 4 members (excludes halogenated alkanes) is 3. The summed E-state index contributed by atoms with van der Waals surface area (Å²) in [5, 5.41) is 0. The average Bonchev–Trinajstić information content (AvgIpc) is 2.48. The van der Waals surface area contributed by atoms with E-state index in [9.17, 15) is 0 Å². The van der Waals surface area contributed by atoms with Crippen molar-refractivity contribution in [1.29, 1.82) is 0 Å². The zero-order valence-electron chi connectivity index (χ0n) is 15.7. The van der Waals surface area contributed by atoms with Crippen LogP contribution < -0.4 is 5.73 Å². The molecule has 0 saturated heterocycles. The Morgan fingerprint density at radius 2 is 1.52 bits per heavy atom. The molecule has 0 aromatic heterocycles. The Kier molecular flexibility index (Phi) is 12.5. The first-order valence-electron chi connectivity index (χ1n) is 9.76. The van der Waals surface area contributed by atoms with E-state index in [1.54, 1.807) is 0 Å². The predicted octanol–water partition coefficient (Wildman–Crippen LogP) is 6.55. The molecule has 0 amide bonds. The second-order valence-electron chi connectivity index (χ2n) is 7.42. The largest absolute Gasteiger partial charge is 0.330 e. The van der Waals surface area contributed by atoms with Gasteiger partial charge in [0, 0.05) is 0 Å². The normalized spacial score (nSPS) is 17.4. The molecular weight excluding hydrogens is 254 g/mol. The Hall–Kier alpha value is -0.0400. The third-order valence-electron chi connectivity index (χ3n) is 5.73. The number of rotatable bonds is 14. The van der Waals surface area contributed by atoms with Crippen LogP contribution in [0.3, 0.4) is 0 Å². The standard InChI is InChI=1S/C20H43N/c1-6-9-10-11-15-19(13-7-2)20(5,16-8-3)18(4)14-12-17-21/h18-19H,6-17,21H2,1-5H3. The van der Waals surface area contributed by atoms with Gasteiger partial charge in [-0.05, 0) is 49.5 Å². The molecule has 2 N–H and O–H groups in total. The molecule has 3 unspecified atom stereocenters. The highest BCUT2D eigenvalue weighted by Gasteiger charge is 2.36. The fraction of sp³-hybridized carbons (Fsp3) is 1.00. The third kappa shape index (κ3) is 7.68. The van der Waals surface area contributed by atoms with Crippen LogP contribution in [0.1, 0.15) is 105 Å². The summed E-state index contributed by atoms with van der Waals surface area (Å²) in [6.07, 6.45) is 15.0. The highest BCUT2D eigenvalue weighted by Crippen LogP contribution is 2.46. The van der Waals surface area contributed by atoms with Gasteiger partial charge in [-0.3, -0.25) is 0 Å². The minimum absolute atomic E-state index is 0.520. The predicted molar refractivity (Wildman–Crippen MR) is 97.6 cm³/mol. The summed E-state index contributed by atoms with van der Waals surface area (Å²) >= 11 is 0. The Labute approximate surface area is 135 Å². The molecule has 0 aromatic carbocycles. The van der Waals surface area contributed by atoms with Crippen molar-refractivity contribution in [1.82, 2.24) is 0 Å². The van der Waals surface area contributed by atoms with Gasteiger partial charge >= 0.3 is 0 Å². The maximum absolute atomic E-state index is 5.74. The van der Waals surface area contributed by atoms with Crippen molar-refractivity contribution in [3.8, 4) is 0 Å². The van der Waals surface area contributed by atoms with Crippen LogP contribution in [0.5, 0.6) is 0 Å². The lowest BCUT2D eigenvalue weighted by Crippen LogP contribution is -2.34. The van der Waals surface area contributed by atoms with Crippen LogP contribution in [0, 0.1) is 17.3 Å². The minimum atomic E-state index is 0.520. The van der Waals surface area contributed by atoms with Crippen LogP contribution >= 0.6 is 0 Å². The van der Waals surface area contributed by atoms with Gasteiger partial charge in [0.05, 0.1) is 0 Å². The second-order valence-corrected chi connectivity index (χ2v) is 7.42. The Morgan fingerprint density at radius 1 is 0.810 bits per heavy atom. The molecule has 0 aromatic rings. The molecule has 1 nitrogen and oxygen atoms in total. The molecule has 0 aliphatic carbocycles. The van der Waals surface area contributed by atoms with Gasteiger partial charge in [0.2, 0.25) is 0 Å². The van der Waals surface area contributed by atoms with Gasteiger partial charge in [-0.15, -0.1) is 0 Å². The fourth-order valence-electron chi connectivity index (χ4n) is 4.12. The first kappa shape index (κ1) is 21.0. The van der Waals surface area contributed by atoms with Gasteiger partial charge < -0.3 is 5.73 Å². The molecule has 0 bridgehead atoms. The molecule has 0 spiro atoms. The highest BCUT2D eigenvalue weighted by atomic mass is 14.5. The molecule has 0 aliphatic rings. The van der Waals surface area contributed by atoms with Gasteiger partial charge in [0.15, 0.2) is 0 Å². The van der Waals surface area contributed by atoms with Crippen LogP contribution in [0.15, 0.2) is 0 Å². The van der Waals surface area contributed by atoms with Crippen LogP contribution in [-0.2, 0) is 0 Å². The van der Waals surface area contributed by atoms with Gasteiger partial charge in [-0.2, -0.15) is 0 Å². The highest BCUT2D eigenvalue weighted by molar-refractivity contribution is 4.86. The Balaban J connectivity index is 4.75. The maximum Gasteiger partial charge on any atom is -0.00772 e. The van der Waals surface area contributed by atoms with E-state index in [1.807, 2.05) is 0 Å². The van der Waals surface area contributed by atoms with E-state index in [-0.39, 0.29) is 0 Å². The van der Waals surface area contributed by atoms with Crippen molar-refractivity contribution in [2.75, 3.05) is 6.54 Å². The fourth-order valence-corrected chi connectivity index (χ4v) is 4.12. The lowest BCUT2D eigenvalue weighted by Gasteiger charge is -2.43. The zero-order chi connectivity index (χ0) is 16.1. The molecule has 0 heterocycles. The van der Waals surface area contributed by atoms with Crippen molar-refractivity contribution in [3.05, 3.63) is 0 Å². The number of hydrogen-bond donors (Lipinski definition) is 1. The van der Waals surface area contributed by atoms with Crippen molar-refractivity contribution in [3.63, 3.8) is 0 Å². The molecule has 1 heteroatoms.